The van der Waals surface area contributed by atoms with Gasteiger partial charge in [-0.2, -0.15) is 0 Å². The van der Waals surface area contributed by atoms with Crippen LogP contribution in [0.1, 0.15) is 44.1 Å². The van der Waals surface area contributed by atoms with Crippen LogP contribution >= 0.6 is 0 Å². The number of allylic oxidation sites excluding steroid dienone is 2. The van der Waals surface area contributed by atoms with Crippen molar-refractivity contribution in [3.8, 4) is 5.75 Å². The molecule has 1 heteroatoms. The molecule has 2 rings (SSSR count). The van der Waals surface area contributed by atoms with Gasteiger partial charge >= 0.3 is 0 Å². The van der Waals surface area contributed by atoms with Crippen LogP contribution in [0.3, 0.4) is 0 Å². The minimum atomic E-state index is 0.567. The lowest BCUT2D eigenvalue weighted by Crippen LogP contribution is -2.01. The van der Waals surface area contributed by atoms with Crippen LogP contribution < -0.4 is 4.74 Å². The number of para-hydroxylation sites is 1. The van der Waals surface area contributed by atoms with Crippen molar-refractivity contribution in [2.24, 2.45) is 0 Å². The highest BCUT2D eigenvalue weighted by atomic mass is 16.5. The van der Waals surface area contributed by atoms with Crippen molar-refractivity contribution in [3.63, 3.8) is 0 Å². The standard InChI is InChI=1S/C15H20O/c1-2-3-12-16-15-11-7-6-10-14(15)13-8-4-5-9-13/h4,6-8,10-11,13H,2-3,5,9,12H2,1H3/t13-/m0/s1. The first-order valence-corrected chi connectivity index (χ1v) is 6.30. The van der Waals surface area contributed by atoms with E-state index in [0.717, 1.165) is 18.8 Å². The van der Waals surface area contributed by atoms with E-state index < -0.39 is 0 Å². The molecule has 1 aromatic rings. The lowest BCUT2D eigenvalue weighted by molar-refractivity contribution is 0.305. The molecule has 0 heterocycles. The summed E-state index contributed by atoms with van der Waals surface area (Å²) in [7, 11) is 0. The maximum absolute atomic E-state index is 5.86. The van der Waals surface area contributed by atoms with Crippen LogP contribution in [0.25, 0.3) is 0 Å². The fourth-order valence-electron chi connectivity index (χ4n) is 2.14. The van der Waals surface area contributed by atoms with Gasteiger partial charge < -0.3 is 4.74 Å². The number of unbranched alkanes of at least 4 members (excludes halogenated alkanes) is 1. The summed E-state index contributed by atoms with van der Waals surface area (Å²) in [5.41, 5.74) is 1.35. The molecule has 0 saturated carbocycles. The minimum Gasteiger partial charge on any atom is -0.493 e. The van der Waals surface area contributed by atoms with E-state index in [1.807, 2.05) is 0 Å². The van der Waals surface area contributed by atoms with E-state index in [2.05, 4.69) is 43.3 Å². The van der Waals surface area contributed by atoms with Crippen molar-refractivity contribution in [1.82, 2.24) is 0 Å². The highest BCUT2D eigenvalue weighted by molar-refractivity contribution is 5.39. The molecule has 1 aliphatic carbocycles. The van der Waals surface area contributed by atoms with Crippen molar-refractivity contribution < 1.29 is 4.74 Å². The first-order chi connectivity index (χ1) is 7.92. The highest BCUT2D eigenvalue weighted by Gasteiger charge is 2.15. The maximum Gasteiger partial charge on any atom is 0.123 e. The summed E-state index contributed by atoms with van der Waals surface area (Å²) >= 11 is 0. The minimum absolute atomic E-state index is 0.567. The van der Waals surface area contributed by atoms with Crippen molar-refractivity contribution in [2.45, 2.75) is 38.5 Å². The Morgan fingerprint density at radius 2 is 2.19 bits per heavy atom. The zero-order valence-corrected chi connectivity index (χ0v) is 9.99. The molecule has 0 aromatic heterocycles. The Labute approximate surface area is 98.1 Å². The molecule has 0 spiro atoms. The predicted octanol–water partition coefficient (Wildman–Crippen LogP) is 4.30. The normalized spacial score (nSPS) is 18.9. The molecule has 16 heavy (non-hydrogen) atoms. The second-order valence-corrected chi connectivity index (χ2v) is 4.35. The van der Waals surface area contributed by atoms with Crippen LogP contribution in [-0.4, -0.2) is 6.61 Å². The van der Waals surface area contributed by atoms with Gasteiger partial charge in [-0.25, -0.2) is 0 Å². The Balaban J connectivity index is 2.07. The molecule has 0 saturated heterocycles. The zero-order valence-electron chi connectivity index (χ0n) is 9.99. The van der Waals surface area contributed by atoms with Crippen molar-refractivity contribution >= 4 is 0 Å². The molecular formula is C15H20O. The lowest BCUT2D eigenvalue weighted by Gasteiger charge is -2.14. The van der Waals surface area contributed by atoms with Gasteiger partial charge in [0.1, 0.15) is 5.75 Å². The third kappa shape index (κ3) is 2.66. The van der Waals surface area contributed by atoms with E-state index in [0.29, 0.717) is 5.92 Å². The van der Waals surface area contributed by atoms with Gasteiger partial charge in [0, 0.05) is 11.5 Å². The molecule has 1 atom stereocenters. The summed E-state index contributed by atoms with van der Waals surface area (Å²) in [6.45, 7) is 3.03. The van der Waals surface area contributed by atoms with Crippen LogP contribution in [0.15, 0.2) is 36.4 Å². The number of ether oxygens (including phenoxy) is 1. The average Bonchev–Trinajstić information content (AvgIpc) is 2.83. The van der Waals surface area contributed by atoms with Crippen LogP contribution in [-0.2, 0) is 0 Å². The molecule has 0 radical (unpaired) electrons. The van der Waals surface area contributed by atoms with Gasteiger partial charge in [0.15, 0.2) is 0 Å². The smallest absolute Gasteiger partial charge is 0.123 e. The Morgan fingerprint density at radius 3 is 2.94 bits per heavy atom. The summed E-state index contributed by atoms with van der Waals surface area (Å²) in [4.78, 5) is 0. The maximum atomic E-state index is 5.86. The number of rotatable bonds is 5. The van der Waals surface area contributed by atoms with Gasteiger partial charge in [0.25, 0.3) is 0 Å². The second kappa shape index (κ2) is 5.74. The summed E-state index contributed by atoms with van der Waals surface area (Å²) in [6.07, 6.45) is 9.33. The van der Waals surface area contributed by atoms with Gasteiger partial charge in [-0.1, -0.05) is 43.7 Å². The van der Waals surface area contributed by atoms with Gasteiger partial charge in [-0.15, -0.1) is 0 Å². The summed E-state index contributed by atoms with van der Waals surface area (Å²) in [5.74, 6) is 1.64. The Bertz CT molecular complexity index is 354. The molecule has 86 valence electrons. The average molecular weight is 216 g/mol. The van der Waals surface area contributed by atoms with Gasteiger partial charge in [-0.05, 0) is 25.3 Å². The molecule has 0 unspecified atom stereocenters. The summed E-state index contributed by atoms with van der Waals surface area (Å²) in [5, 5.41) is 0. The van der Waals surface area contributed by atoms with Crippen LogP contribution in [0, 0.1) is 0 Å². The molecule has 0 aliphatic heterocycles. The van der Waals surface area contributed by atoms with E-state index in [1.165, 1.54) is 24.8 Å². The molecular weight excluding hydrogens is 196 g/mol. The fourth-order valence-corrected chi connectivity index (χ4v) is 2.14. The SMILES string of the molecule is CCCCOc1ccccc1[C@H]1C=CCC1. The predicted molar refractivity (Wildman–Crippen MR) is 68.0 cm³/mol. The molecule has 0 bridgehead atoms. The molecule has 0 amide bonds. The third-order valence-electron chi connectivity index (χ3n) is 3.09. The molecule has 1 nitrogen and oxygen atoms in total. The van der Waals surface area contributed by atoms with Gasteiger partial charge in [-0.3, -0.25) is 0 Å². The van der Waals surface area contributed by atoms with Crippen molar-refractivity contribution in [3.05, 3.63) is 42.0 Å². The van der Waals surface area contributed by atoms with E-state index in [4.69, 9.17) is 4.74 Å². The first kappa shape index (κ1) is 11.3. The molecule has 0 fully saturated rings. The largest absolute Gasteiger partial charge is 0.493 e. The molecule has 1 aromatic carbocycles. The Hall–Kier alpha value is -1.24. The fraction of sp³-hybridized carbons (Fsp3) is 0.467. The van der Waals surface area contributed by atoms with Crippen LogP contribution in [0.4, 0.5) is 0 Å². The molecule has 0 N–H and O–H groups in total. The van der Waals surface area contributed by atoms with E-state index in [9.17, 15) is 0 Å². The van der Waals surface area contributed by atoms with Crippen LogP contribution in [0.2, 0.25) is 0 Å². The lowest BCUT2D eigenvalue weighted by atomic mass is 9.98. The number of benzene rings is 1. The number of hydrogen-bond donors (Lipinski definition) is 0. The summed E-state index contributed by atoms with van der Waals surface area (Å²) in [6, 6.07) is 8.45. The Morgan fingerprint density at radius 1 is 1.31 bits per heavy atom. The van der Waals surface area contributed by atoms with Crippen molar-refractivity contribution in [1.29, 1.82) is 0 Å². The summed E-state index contributed by atoms with van der Waals surface area (Å²) < 4.78 is 5.86. The molecule has 1 aliphatic rings. The van der Waals surface area contributed by atoms with Crippen LogP contribution in [0.5, 0.6) is 5.75 Å². The third-order valence-corrected chi connectivity index (χ3v) is 3.09. The van der Waals surface area contributed by atoms with Gasteiger partial charge in [0.2, 0.25) is 0 Å². The zero-order chi connectivity index (χ0) is 11.2. The van der Waals surface area contributed by atoms with E-state index in [-0.39, 0.29) is 0 Å². The van der Waals surface area contributed by atoms with E-state index in [1.54, 1.807) is 0 Å². The van der Waals surface area contributed by atoms with E-state index >= 15 is 0 Å². The number of hydrogen-bond acceptors (Lipinski definition) is 1. The topological polar surface area (TPSA) is 9.23 Å². The van der Waals surface area contributed by atoms with Crippen molar-refractivity contribution in [2.75, 3.05) is 6.61 Å². The Kier molecular flexibility index (Phi) is 4.03. The first-order valence-electron chi connectivity index (χ1n) is 6.30. The second-order valence-electron chi connectivity index (χ2n) is 4.35. The monoisotopic (exact) mass is 216 g/mol. The quantitative estimate of drug-likeness (QED) is 0.526. The van der Waals surface area contributed by atoms with Gasteiger partial charge in [0.05, 0.1) is 6.61 Å². The highest BCUT2D eigenvalue weighted by Crippen LogP contribution is 2.34.